The topological polar surface area (TPSA) is 90.1 Å². The number of benzene rings is 1. The van der Waals surface area contributed by atoms with Gasteiger partial charge in [-0.25, -0.2) is 9.18 Å². The molecule has 2 N–H and O–H groups in total. The van der Waals surface area contributed by atoms with Crippen LogP contribution in [-0.4, -0.2) is 26.8 Å². The lowest BCUT2D eigenvalue weighted by atomic mass is 10.1. The fourth-order valence-electron chi connectivity index (χ4n) is 4.16. The van der Waals surface area contributed by atoms with Gasteiger partial charge in [-0.2, -0.15) is 0 Å². The van der Waals surface area contributed by atoms with E-state index >= 15 is 0 Å². The average molecular weight is 537 g/mol. The third-order valence-corrected chi connectivity index (χ3v) is 6.77. The van der Waals surface area contributed by atoms with Crippen LogP contribution in [0.4, 0.5) is 15.9 Å². The van der Waals surface area contributed by atoms with Crippen molar-refractivity contribution in [2.24, 2.45) is 7.05 Å². The fourth-order valence-corrected chi connectivity index (χ4v) is 4.61. The second kappa shape index (κ2) is 7.30. The van der Waals surface area contributed by atoms with E-state index in [2.05, 4.69) is 10.6 Å². The predicted molar refractivity (Wildman–Crippen MR) is 125 cm³/mol. The van der Waals surface area contributed by atoms with Gasteiger partial charge in [-0.1, -0.05) is 0 Å². The Balaban J connectivity index is 1.89. The zero-order valence-corrected chi connectivity index (χ0v) is 19.2. The third-order valence-electron chi connectivity index (χ3n) is 6.10. The van der Waals surface area contributed by atoms with Crippen LogP contribution in [0.1, 0.15) is 30.5 Å². The highest BCUT2D eigenvalue weighted by molar-refractivity contribution is 14.1. The molecule has 1 aliphatic carbocycles. The molecule has 3 aromatic rings. The lowest BCUT2D eigenvalue weighted by Crippen LogP contribution is -2.51. The summed E-state index contributed by atoms with van der Waals surface area (Å²) >= 11 is 2.01. The first kappa shape index (κ1) is 20.4. The molecule has 0 unspecified atom stereocenters. The highest BCUT2D eigenvalue weighted by atomic mass is 127. The van der Waals surface area contributed by atoms with E-state index in [1.807, 2.05) is 22.6 Å². The number of rotatable bonds is 4. The number of halogens is 2. The van der Waals surface area contributed by atoms with Crippen LogP contribution >= 0.6 is 22.6 Å². The van der Waals surface area contributed by atoms with Gasteiger partial charge in [-0.3, -0.25) is 23.3 Å². The minimum absolute atomic E-state index is 0.135. The first-order valence-corrected chi connectivity index (χ1v) is 11.2. The molecule has 31 heavy (non-hydrogen) atoms. The van der Waals surface area contributed by atoms with E-state index < -0.39 is 11.4 Å². The average Bonchev–Trinajstić information content (AvgIpc) is 3.51. The largest absolute Gasteiger partial charge is 0.338 e. The van der Waals surface area contributed by atoms with Crippen molar-refractivity contribution >= 4 is 45.0 Å². The van der Waals surface area contributed by atoms with Crippen LogP contribution in [0.25, 0.3) is 10.9 Å². The minimum atomic E-state index is -0.493. The Morgan fingerprint density at radius 2 is 1.81 bits per heavy atom. The molecule has 0 atom stereocenters. The van der Waals surface area contributed by atoms with Crippen molar-refractivity contribution in [3.63, 3.8) is 0 Å². The monoisotopic (exact) mass is 537 g/mol. The minimum Gasteiger partial charge on any atom is -0.338 e. The van der Waals surface area contributed by atoms with Gasteiger partial charge in [-0.05, 0) is 60.6 Å². The number of hydrogen-bond donors (Lipinski definition) is 2. The third kappa shape index (κ3) is 3.15. The second-order valence-corrected chi connectivity index (χ2v) is 9.43. The maximum absolute atomic E-state index is 14.6. The SMILES string of the molecule is Cc1c(=O)n(C)c(Nc2ccc(I)cc2F)c2c(=O)n(C3CC3)c(=O)n(C3CNC3)c12. The summed E-state index contributed by atoms with van der Waals surface area (Å²) in [5.74, 6) is -0.307. The molecule has 10 heteroatoms. The molecule has 1 aromatic carbocycles. The van der Waals surface area contributed by atoms with E-state index in [-0.39, 0.29) is 40.2 Å². The number of hydrogen-bond acceptors (Lipinski definition) is 5. The number of anilines is 2. The number of aromatic nitrogens is 3. The quantitative estimate of drug-likeness (QED) is 0.498. The van der Waals surface area contributed by atoms with E-state index in [0.29, 0.717) is 24.2 Å². The van der Waals surface area contributed by atoms with Gasteiger partial charge < -0.3 is 10.6 Å². The number of nitrogens with one attached hydrogen (secondary N) is 2. The molecule has 2 aromatic heterocycles. The summed E-state index contributed by atoms with van der Waals surface area (Å²) in [5.41, 5.74) is -0.358. The van der Waals surface area contributed by atoms with E-state index in [0.717, 1.165) is 16.4 Å². The van der Waals surface area contributed by atoms with Crippen LogP contribution in [0, 0.1) is 16.3 Å². The molecular weight excluding hydrogens is 516 g/mol. The summed E-state index contributed by atoms with van der Waals surface area (Å²) in [4.78, 5) is 40.0. The highest BCUT2D eigenvalue weighted by Crippen LogP contribution is 2.34. The lowest BCUT2D eigenvalue weighted by molar-refractivity contribution is 0.333. The molecule has 1 saturated carbocycles. The summed E-state index contributed by atoms with van der Waals surface area (Å²) in [7, 11) is 1.54. The van der Waals surface area contributed by atoms with Crippen LogP contribution in [0.3, 0.4) is 0 Å². The molecule has 1 aliphatic heterocycles. The van der Waals surface area contributed by atoms with Crippen molar-refractivity contribution in [3.05, 3.63) is 64.3 Å². The Hall–Kier alpha value is -2.47. The zero-order valence-electron chi connectivity index (χ0n) is 17.0. The van der Waals surface area contributed by atoms with Gasteiger partial charge >= 0.3 is 5.69 Å². The molecule has 2 aliphatic rings. The first-order chi connectivity index (χ1) is 14.8. The van der Waals surface area contributed by atoms with Crippen molar-refractivity contribution in [1.82, 2.24) is 19.0 Å². The molecule has 162 valence electrons. The van der Waals surface area contributed by atoms with Crippen molar-refractivity contribution in [3.8, 4) is 0 Å². The van der Waals surface area contributed by atoms with Gasteiger partial charge in [0.2, 0.25) is 0 Å². The van der Waals surface area contributed by atoms with Crippen LogP contribution < -0.4 is 27.4 Å². The summed E-state index contributed by atoms with van der Waals surface area (Å²) in [6.07, 6.45) is 1.53. The summed E-state index contributed by atoms with van der Waals surface area (Å²) in [5, 5.41) is 6.35. The lowest BCUT2D eigenvalue weighted by Gasteiger charge is -2.31. The molecule has 1 saturated heterocycles. The molecule has 0 spiro atoms. The van der Waals surface area contributed by atoms with Crippen LogP contribution in [0.5, 0.6) is 0 Å². The maximum Gasteiger partial charge on any atom is 0.332 e. The van der Waals surface area contributed by atoms with Gasteiger partial charge in [0.05, 0.1) is 17.2 Å². The van der Waals surface area contributed by atoms with Crippen LogP contribution in [-0.2, 0) is 7.05 Å². The summed E-state index contributed by atoms with van der Waals surface area (Å²) in [6, 6.07) is 4.39. The molecular formula is C21H21FIN5O3. The van der Waals surface area contributed by atoms with Gasteiger partial charge in [0, 0.05) is 35.3 Å². The Labute approximate surface area is 189 Å². The number of aryl methyl sites for hydroxylation is 1. The van der Waals surface area contributed by atoms with Gasteiger partial charge in [0.1, 0.15) is 17.0 Å². The standard InChI is InChI=1S/C21H21FIN5O3/c1-10-17-16(18(26(2)19(10)29)25-15-6-3-11(23)7-14(15)22)20(30)28(12-4-5-12)21(31)27(17)13-8-24-9-13/h3,6-7,12-13,24-25H,4-5,8-9H2,1-2H3. The van der Waals surface area contributed by atoms with E-state index in [9.17, 15) is 18.8 Å². The van der Waals surface area contributed by atoms with Crippen molar-refractivity contribution in [2.75, 3.05) is 18.4 Å². The molecule has 3 heterocycles. The maximum atomic E-state index is 14.6. The number of pyridine rings is 1. The van der Waals surface area contributed by atoms with Crippen molar-refractivity contribution in [1.29, 1.82) is 0 Å². The van der Waals surface area contributed by atoms with E-state index in [1.165, 1.54) is 15.2 Å². The van der Waals surface area contributed by atoms with Crippen molar-refractivity contribution in [2.45, 2.75) is 31.8 Å². The molecule has 2 fully saturated rings. The first-order valence-electron chi connectivity index (χ1n) is 10.1. The molecule has 0 bridgehead atoms. The molecule has 0 radical (unpaired) electrons. The van der Waals surface area contributed by atoms with E-state index in [1.54, 1.807) is 30.7 Å². The Morgan fingerprint density at radius 3 is 2.39 bits per heavy atom. The van der Waals surface area contributed by atoms with Gasteiger partial charge in [0.15, 0.2) is 0 Å². The Bertz CT molecular complexity index is 1420. The Morgan fingerprint density at radius 1 is 1.10 bits per heavy atom. The molecule has 0 amide bonds. The van der Waals surface area contributed by atoms with Crippen LogP contribution in [0.2, 0.25) is 0 Å². The number of nitrogens with zero attached hydrogens (tertiary/aromatic N) is 3. The smallest absolute Gasteiger partial charge is 0.332 e. The Kier molecular flexibility index (Phi) is 4.81. The second-order valence-electron chi connectivity index (χ2n) is 8.18. The summed E-state index contributed by atoms with van der Waals surface area (Å²) in [6.45, 7) is 2.80. The fraction of sp³-hybridized carbons (Fsp3) is 0.381. The van der Waals surface area contributed by atoms with Crippen LogP contribution in [0.15, 0.2) is 32.6 Å². The molecule has 8 nitrogen and oxygen atoms in total. The zero-order chi connectivity index (χ0) is 22.0. The normalized spacial score (nSPS) is 16.5. The van der Waals surface area contributed by atoms with E-state index in [4.69, 9.17) is 0 Å². The van der Waals surface area contributed by atoms with Crippen molar-refractivity contribution < 1.29 is 4.39 Å². The number of fused-ring (bicyclic) bond motifs is 1. The van der Waals surface area contributed by atoms with Gasteiger partial charge in [0.25, 0.3) is 11.1 Å². The summed E-state index contributed by atoms with van der Waals surface area (Å²) < 4.78 is 19.5. The highest BCUT2D eigenvalue weighted by Gasteiger charge is 2.34. The predicted octanol–water partition coefficient (Wildman–Crippen LogP) is 2.14. The molecule has 5 rings (SSSR count). The van der Waals surface area contributed by atoms with Gasteiger partial charge in [-0.15, -0.1) is 0 Å².